The van der Waals surface area contributed by atoms with E-state index in [0.29, 0.717) is 37.5 Å². The van der Waals surface area contributed by atoms with E-state index < -0.39 is 60.5 Å². The zero-order valence-electron chi connectivity index (χ0n) is 33.2. The molecule has 1 aromatic heterocycles. The van der Waals surface area contributed by atoms with E-state index in [1.165, 1.54) is 25.1 Å². The molecule has 59 heavy (non-hydrogen) atoms. The van der Waals surface area contributed by atoms with Crippen LogP contribution in [0.4, 0.5) is 4.79 Å². The number of carbonyl (C=O) groups is 1. The maximum atomic E-state index is 15.6. The van der Waals surface area contributed by atoms with Gasteiger partial charge in [0.2, 0.25) is 25.9 Å². The smallest absolute Gasteiger partial charge is 0.404 e. The van der Waals surface area contributed by atoms with Crippen LogP contribution in [-0.2, 0) is 45.1 Å². The first-order valence-electron chi connectivity index (χ1n) is 18.0. The van der Waals surface area contributed by atoms with E-state index in [1.54, 1.807) is 67.8 Å². The summed E-state index contributed by atoms with van der Waals surface area (Å²) in [5.74, 6) is 1.60. The molecule has 0 spiro atoms. The van der Waals surface area contributed by atoms with Crippen LogP contribution in [0.1, 0.15) is 43.0 Å². The number of hydrogen-bond donors (Lipinski definition) is 4. The van der Waals surface area contributed by atoms with E-state index in [9.17, 15) is 18.3 Å². The summed E-state index contributed by atoms with van der Waals surface area (Å²) in [6.45, 7) is 4.16. The van der Waals surface area contributed by atoms with E-state index in [4.69, 9.17) is 19.3 Å². The van der Waals surface area contributed by atoms with Crippen LogP contribution < -0.4 is 24.2 Å². The summed E-state index contributed by atoms with van der Waals surface area (Å²) < 4.78 is 80.0. The number of aromatic nitrogens is 4. The lowest BCUT2D eigenvalue weighted by Gasteiger charge is -2.29. The third kappa shape index (κ3) is 11.2. The predicted octanol–water partition coefficient (Wildman–Crippen LogP) is 4.61. The summed E-state index contributed by atoms with van der Waals surface area (Å²) in [6, 6.07) is 22.1. The summed E-state index contributed by atoms with van der Waals surface area (Å²) in [4.78, 5) is 11.1. The molecule has 17 nitrogen and oxygen atoms in total. The van der Waals surface area contributed by atoms with Crippen LogP contribution in [0, 0.1) is 3.57 Å². The fourth-order valence-electron chi connectivity index (χ4n) is 5.91. The molecule has 1 heterocycles. The van der Waals surface area contributed by atoms with Crippen LogP contribution in [0.15, 0.2) is 88.7 Å². The van der Waals surface area contributed by atoms with Gasteiger partial charge in [-0.1, -0.05) is 57.2 Å². The quantitative estimate of drug-likeness (QED) is 0.0882. The molecule has 5 rings (SSSR count). The largest absolute Gasteiger partial charge is 0.497 e. The normalized spacial score (nSPS) is 12.6. The second-order valence-electron chi connectivity index (χ2n) is 14.3. The number of nitrogens with zero attached hydrogens (tertiary/aromatic N) is 5. The summed E-state index contributed by atoms with van der Waals surface area (Å²) in [5.41, 5.74) is 1.56. The highest BCUT2D eigenvalue weighted by molar-refractivity contribution is 14.1. The Hall–Kier alpha value is -4.87. The fourth-order valence-corrected chi connectivity index (χ4v) is 11.1. The number of methoxy groups -OCH3 is 3. The van der Waals surface area contributed by atoms with Crippen molar-refractivity contribution in [3.05, 3.63) is 105 Å². The number of benzene rings is 4. The number of sulfonamides is 2. The first-order chi connectivity index (χ1) is 27.9. The van der Waals surface area contributed by atoms with E-state index >= 15 is 8.42 Å². The predicted molar refractivity (Wildman–Crippen MR) is 226 cm³/mol. The highest BCUT2D eigenvalue weighted by Gasteiger charge is 2.40. The lowest BCUT2D eigenvalue weighted by molar-refractivity contribution is 0.159. The lowest BCUT2D eigenvalue weighted by Crippen LogP contribution is -2.40. The first kappa shape index (κ1) is 45.2. The van der Waals surface area contributed by atoms with Crippen LogP contribution in [0.3, 0.4) is 0 Å². The maximum Gasteiger partial charge on any atom is 0.404 e. The van der Waals surface area contributed by atoms with E-state index in [2.05, 4.69) is 20.1 Å². The molecule has 0 aliphatic carbocycles. The number of hydrogen-bond acceptors (Lipinski definition) is 12. The van der Waals surface area contributed by atoms with Gasteiger partial charge in [-0.3, -0.25) is 0 Å². The molecule has 1 amide bonds. The van der Waals surface area contributed by atoms with Crippen molar-refractivity contribution in [1.29, 1.82) is 0 Å². The van der Waals surface area contributed by atoms with E-state index in [0.717, 1.165) is 9.87 Å². The molecule has 0 fully saturated rings. The van der Waals surface area contributed by atoms with Crippen LogP contribution in [0.5, 0.6) is 17.2 Å². The number of halogens is 1. The highest BCUT2D eigenvalue weighted by atomic mass is 127. The van der Waals surface area contributed by atoms with Crippen molar-refractivity contribution in [1.82, 2.24) is 34.6 Å². The van der Waals surface area contributed by atoms with Gasteiger partial charge in [0, 0.05) is 29.7 Å². The Morgan fingerprint density at radius 3 is 1.78 bits per heavy atom. The Bertz CT molecular complexity index is 2410. The summed E-state index contributed by atoms with van der Waals surface area (Å²) in [5, 5.41) is 34.7. The molecular formula is C39H46IN7O10S2. The molecule has 0 saturated carbocycles. The molecule has 20 heteroatoms. The molecule has 4 aromatic carbocycles. The van der Waals surface area contributed by atoms with Crippen LogP contribution in [0.25, 0.3) is 11.4 Å². The van der Waals surface area contributed by atoms with Gasteiger partial charge in [-0.05, 0) is 97.9 Å². The Kier molecular flexibility index (Phi) is 14.6. The highest BCUT2D eigenvalue weighted by Crippen LogP contribution is 2.43. The minimum atomic E-state index is -4.86. The molecule has 5 aromatic rings. The molecule has 316 valence electrons. The maximum absolute atomic E-state index is 15.6. The number of aliphatic hydroxyl groups is 1. The fraction of sp³-hybridized carbons (Fsp3) is 0.333. The van der Waals surface area contributed by atoms with Gasteiger partial charge in [0.15, 0.2) is 0 Å². The van der Waals surface area contributed by atoms with Crippen molar-refractivity contribution in [2.75, 3.05) is 34.4 Å². The van der Waals surface area contributed by atoms with Gasteiger partial charge in [0.25, 0.3) is 0 Å². The molecule has 1 atom stereocenters. The van der Waals surface area contributed by atoms with Crippen molar-refractivity contribution in [3.63, 3.8) is 0 Å². The number of carboxylic acid groups (broad SMARTS) is 1. The van der Waals surface area contributed by atoms with Gasteiger partial charge < -0.3 is 29.7 Å². The molecule has 0 bridgehead atoms. The topological polar surface area (TPSA) is 224 Å². The van der Waals surface area contributed by atoms with Crippen molar-refractivity contribution < 1.29 is 46.1 Å². The first-order valence-corrected chi connectivity index (χ1v) is 22.0. The number of nitrogens with one attached hydrogen (secondary N) is 2. The Morgan fingerprint density at radius 1 is 0.831 bits per heavy atom. The summed E-state index contributed by atoms with van der Waals surface area (Å²) in [6.07, 6.45) is -2.91. The van der Waals surface area contributed by atoms with Crippen LogP contribution in [-0.4, -0.2) is 98.2 Å². The molecule has 4 N–H and O–H groups in total. The monoisotopic (exact) mass is 963 g/mol. The molecule has 0 saturated heterocycles. The summed E-state index contributed by atoms with van der Waals surface area (Å²) in [7, 11) is -5.09. The lowest BCUT2D eigenvalue weighted by atomic mass is 9.86. The SMILES string of the molecule is COc1ccc(CN(Cc2ccc(OC)cc2)S(=O)(=O)c2c(S(=O)(=O)NCC(O)CNC(=O)O)cc(C(C)(C)C)c(I)c2-c2nnn(Cc3ccc(OC)cc3)n2)cc1. The van der Waals surface area contributed by atoms with Crippen molar-refractivity contribution in [2.24, 2.45) is 0 Å². The van der Waals surface area contributed by atoms with E-state index in [-0.39, 0.29) is 31.0 Å². The molecule has 0 radical (unpaired) electrons. The summed E-state index contributed by atoms with van der Waals surface area (Å²) >= 11 is 2.00. The number of ether oxygens (including phenoxy) is 3. The second-order valence-corrected chi connectivity index (χ2v) is 19.0. The van der Waals surface area contributed by atoms with Crippen molar-refractivity contribution >= 4 is 48.7 Å². The number of amides is 1. The average molecular weight is 964 g/mol. The minimum absolute atomic E-state index is 0.0954. The van der Waals surface area contributed by atoms with Gasteiger partial charge in [-0.15, -0.1) is 10.2 Å². The van der Waals surface area contributed by atoms with Gasteiger partial charge in [0.05, 0.1) is 39.5 Å². The average Bonchev–Trinajstić information content (AvgIpc) is 3.66. The van der Waals surface area contributed by atoms with Gasteiger partial charge in [-0.2, -0.15) is 9.10 Å². The van der Waals surface area contributed by atoms with E-state index in [1.807, 2.05) is 60.8 Å². The second kappa shape index (κ2) is 19.0. The third-order valence-corrected chi connectivity index (χ3v) is 13.6. The molecular weight excluding hydrogens is 918 g/mol. The number of tetrazole rings is 1. The van der Waals surface area contributed by atoms with Crippen molar-refractivity contribution in [3.8, 4) is 28.6 Å². The Labute approximate surface area is 356 Å². The third-order valence-electron chi connectivity index (χ3n) is 9.07. The van der Waals surface area contributed by atoms with Gasteiger partial charge in [0.1, 0.15) is 27.0 Å². The molecule has 0 aliphatic rings. The standard InChI is InChI=1S/C39H46IN7O10S2/c1-39(2,3)32-19-33(58(51,52)42-21-28(48)20-41-38(49)50)36(34(35(32)40)37-43-45-47(44-37)24-27-11-17-31(57-6)18-12-27)59(53,54)46(22-25-7-13-29(55-4)14-8-25)23-26-9-15-30(56-5)16-10-26/h7-19,28,41-42,48H,20-24H2,1-6H3,(H,49,50). The molecule has 1 unspecified atom stereocenters. The zero-order chi connectivity index (χ0) is 43.1. The Balaban J connectivity index is 1.76. The van der Waals surface area contributed by atoms with Crippen molar-refractivity contribution in [2.45, 2.75) is 61.7 Å². The van der Waals surface area contributed by atoms with Crippen LogP contribution >= 0.6 is 22.6 Å². The zero-order valence-corrected chi connectivity index (χ0v) is 37.0. The minimum Gasteiger partial charge on any atom is -0.497 e. The number of rotatable bonds is 18. The Morgan fingerprint density at radius 2 is 1.32 bits per heavy atom. The number of aliphatic hydroxyl groups excluding tert-OH is 1. The molecule has 0 aliphatic heterocycles. The van der Waals surface area contributed by atoms with Gasteiger partial charge >= 0.3 is 6.09 Å². The van der Waals surface area contributed by atoms with Gasteiger partial charge in [-0.25, -0.2) is 26.4 Å². The van der Waals surface area contributed by atoms with Crippen LogP contribution in [0.2, 0.25) is 0 Å².